The topological polar surface area (TPSA) is 90.2 Å². The first-order valence-corrected chi connectivity index (χ1v) is 9.72. The zero-order valence-corrected chi connectivity index (χ0v) is 17.0. The van der Waals surface area contributed by atoms with Gasteiger partial charge in [-0.05, 0) is 59.9 Å². The number of aromatic hydroxyl groups is 1. The van der Waals surface area contributed by atoms with Crippen LogP contribution in [0, 0.1) is 13.8 Å². The minimum absolute atomic E-state index is 0.161. The SMILES string of the molecule is Cc1cc([C@H](O)CC=C=C(CO)C[C@@H](O)COCc2ccccc2)cc(C)c1O. The van der Waals surface area contributed by atoms with Crippen LogP contribution >= 0.6 is 0 Å². The number of hydrogen-bond acceptors (Lipinski definition) is 5. The molecule has 0 aliphatic rings. The molecule has 5 nitrogen and oxygen atoms in total. The maximum Gasteiger partial charge on any atom is 0.121 e. The smallest absolute Gasteiger partial charge is 0.121 e. The van der Waals surface area contributed by atoms with Crippen molar-refractivity contribution in [3.63, 3.8) is 0 Å². The van der Waals surface area contributed by atoms with Gasteiger partial charge in [0.15, 0.2) is 0 Å². The lowest BCUT2D eigenvalue weighted by Gasteiger charge is -2.13. The molecular weight excluding hydrogens is 368 g/mol. The monoisotopic (exact) mass is 398 g/mol. The number of benzene rings is 2. The lowest BCUT2D eigenvalue weighted by atomic mass is 10.00. The van der Waals surface area contributed by atoms with Crippen LogP contribution < -0.4 is 0 Å². The Bertz CT molecular complexity index is 815. The third-order valence-electron chi connectivity index (χ3n) is 4.64. The molecule has 2 atom stereocenters. The summed E-state index contributed by atoms with van der Waals surface area (Å²) < 4.78 is 5.52. The maximum absolute atomic E-state index is 10.4. The lowest BCUT2D eigenvalue weighted by Crippen LogP contribution is -2.16. The van der Waals surface area contributed by atoms with Crippen LogP contribution in [0.25, 0.3) is 0 Å². The molecule has 5 heteroatoms. The third-order valence-corrected chi connectivity index (χ3v) is 4.64. The summed E-state index contributed by atoms with van der Waals surface area (Å²) in [4.78, 5) is 0. The van der Waals surface area contributed by atoms with Gasteiger partial charge in [-0.15, -0.1) is 5.73 Å². The van der Waals surface area contributed by atoms with Gasteiger partial charge >= 0.3 is 0 Å². The molecule has 4 N–H and O–H groups in total. The van der Waals surface area contributed by atoms with Crippen LogP contribution in [0.15, 0.2) is 59.8 Å². The highest BCUT2D eigenvalue weighted by Crippen LogP contribution is 2.27. The standard InChI is InChI=1S/C24H30O5/c1-17-11-21(12-18(2)24(17)28)23(27)10-6-9-20(14-25)13-22(26)16-29-15-19-7-4-3-5-8-19/h3-8,11-12,22-23,25-28H,10,13-16H2,1-2H3/t9?,22-,23-/m1/s1. The van der Waals surface area contributed by atoms with E-state index in [0.717, 1.165) is 11.1 Å². The number of phenolic OH excluding ortho intramolecular Hbond substituents is 1. The van der Waals surface area contributed by atoms with E-state index in [1.807, 2.05) is 30.3 Å². The third kappa shape index (κ3) is 7.50. The molecular formula is C24H30O5. The molecule has 2 rings (SSSR count). The molecule has 0 unspecified atom stereocenters. The molecule has 0 fully saturated rings. The van der Waals surface area contributed by atoms with Gasteiger partial charge in [-0.2, -0.15) is 0 Å². The van der Waals surface area contributed by atoms with Crippen LogP contribution in [0.2, 0.25) is 0 Å². The molecule has 0 aromatic heterocycles. The minimum atomic E-state index is -0.742. The molecule has 29 heavy (non-hydrogen) atoms. The molecule has 0 spiro atoms. The number of ether oxygens (including phenoxy) is 1. The van der Waals surface area contributed by atoms with E-state index in [0.29, 0.717) is 29.7 Å². The average molecular weight is 398 g/mol. The Kier molecular flexibility index (Phi) is 9.13. The van der Waals surface area contributed by atoms with E-state index in [4.69, 9.17) is 4.74 Å². The van der Waals surface area contributed by atoms with E-state index in [-0.39, 0.29) is 25.4 Å². The normalized spacial score (nSPS) is 12.9. The fourth-order valence-electron chi connectivity index (χ4n) is 3.03. The van der Waals surface area contributed by atoms with Crippen LogP contribution in [-0.2, 0) is 11.3 Å². The Morgan fingerprint density at radius 2 is 1.76 bits per heavy atom. The first-order chi connectivity index (χ1) is 13.9. The van der Waals surface area contributed by atoms with Crippen LogP contribution in [0.5, 0.6) is 5.75 Å². The van der Waals surface area contributed by atoms with Crippen LogP contribution in [0.3, 0.4) is 0 Å². The van der Waals surface area contributed by atoms with Gasteiger partial charge in [-0.3, -0.25) is 0 Å². The van der Waals surface area contributed by atoms with Gasteiger partial charge in [0.2, 0.25) is 0 Å². The molecule has 2 aromatic rings. The second-order valence-electron chi connectivity index (χ2n) is 7.22. The zero-order valence-electron chi connectivity index (χ0n) is 17.0. The quantitative estimate of drug-likeness (QED) is 0.460. The second kappa shape index (κ2) is 11.6. The molecule has 0 amide bonds. The van der Waals surface area contributed by atoms with Crippen LogP contribution in [0.1, 0.15) is 41.2 Å². The van der Waals surface area contributed by atoms with Crippen molar-refractivity contribution in [1.82, 2.24) is 0 Å². The number of aryl methyl sites for hydroxylation is 2. The van der Waals surface area contributed by atoms with Gasteiger partial charge in [0.1, 0.15) is 5.75 Å². The van der Waals surface area contributed by atoms with E-state index >= 15 is 0 Å². The summed E-state index contributed by atoms with van der Waals surface area (Å²) in [5.74, 6) is 0.238. The summed E-state index contributed by atoms with van der Waals surface area (Å²) >= 11 is 0. The van der Waals surface area contributed by atoms with E-state index < -0.39 is 12.2 Å². The minimum Gasteiger partial charge on any atom is -0.507 e. The molecule has 0 saturated carbocycles. The van der Waals surface area contributed by atoms with Gasteiger partial charge < -0.3 is 25.2 Å². The highest BCUT2D eigenvalue weighted by molar-refractivity contribution is 5.42. The largest absolute Gasteiger partial charge is 0.507 e. The van der Waals surface area contributed by atoms with Crippen molar-refractivity contribution >= 4 is 0 Å². The maximum atomic E-state index is 10.4. The summed E-state index contributed by atoms with van der Waals surface area (Å²) in [7, 11) is 0. The molecule has 0 radical (unpaired) electrons. The highest BCUT2D eigenvalue weighted by Gasteiger charge is 2.11. The van der Waals surface area contributed by atoms with E-state index in [9.17, 15) is 20.4 Å². The molecule has 0 saturated heterocycles. The number of rotatable bonds is 10. The molecule has 0 heterocycles. The molecule has 156 valence electrons. The van der Waals surface area contributed by atoms with Crippen molar-refractivity contribution in [2.24, 2.45) is 0 Å². The summed E-state index contributed by atoms with van der Waals surface area (Å²) in [5, 5.41) is 39.8. The Morgan fingerprint density at radius 1 is 1.10 bits per heavy atom. The molecule has 0 bridgehead atoms. The summed E-state index contributed by atoms with van der Waals surface area (Å²) in [6.07, 6.45) is 0.739. The number of hydrogen-bond donors (Lipinski definition) is 4. The fraction of sp³-hybridized carbons (Fsp3) is 0.375. The highest BCUT2D eigenvalue weighted by atomic mass is 16.5. The predicted octanol–water partition coefficient (Wildman–Crippen LogP) is 3.47. The van der Waals surface area contributed by atoms with E-state index in [1.165, 1.54) is 0 Å². The van der Waals surface area contributed by atoms with Gasteiger partial charge in [-0.25, -0.2) is 0 Å². The van der Waals surface area contributed by atoms with Crippen molar-refractivity contribution < 1.29 is 25.2 Å². The van der Waals surface area contributed by atoms with Gasteiger partial charge in [0.05, 0.1) is 32.0 Å². The predicted molar refractivity (Wildman–Crippen MR) is 113 cm³/mol. The first kappa shape index (κ1) is 22.9. The van der Waals surface area contributed by atoms with Crippen molar-refractivity contribution in [3.05, 3.63) is 82.1 Å². The molecule has 0 aliphatic carbocycles. The lowest BCUT2D eigenvalue weighted by molar-refractivity contribution is 0.0278. The Hall–Kier alpha value is -2.40. The van der Waals surface area contributed by atoms with E-state index in [1.54, 1.807) is 32.1 Å². The number of phenols is 1. The Labute approximate surface area is 172 Å². The average Bonchev–Trinajstić information content (AvgIpc) is 2.71. The number of aliphatic hydroxyl groups is 3. The summed E-state index contributed by atoms with van der Waals surface area (Å²) in [6, 6.07) is 13.2. The fourth-order valence-corrected chi connectivity index (χ4v) is 3.03. The van der Waals surface area contributed by atoms with E-state index in [2.05, 4.69) is 5.73 Å². The van der Waals surface area contributed by atoms with Gasteiger partial charge in [0, 0.05) is 12.8 Å². The zero-order chi connectivity index (χ0) is 21.2. The second-order valence-corrected chi connectivity index (χ2v) is 7.22. The Balaban J connectivity index is 1.86. The molecule has 0 aliphatic heterocycles. The van der Waals surface area contributed by atoms with Gasteiger partial charge in [0.25, 0.3) is 0 Å². The van der Waals surface area contributed by atoms with Crippen LogP contribution in [-0.4, -0.2) is 39.7 Å². The Morgan fingerprint density at radius 3 is 2.38 bits per heavy atom. The van der Waals surface area contributed by atoms with Crippen molar-refractivity contribution in [2.45, 2.75) is 45.5 Å². The first-order valence-electron chi connectivity index (χ1n) is 9.72. The van der Waals surface area contributed by atoms with Crippen molar-refractivity contribution in [3.8, 4) is 5.75 Å². The van der Waals surface area contributed by atoms with Gasteiger partial charge in [-0.1, -0.05) is 30.3 Å². The summed E-state index contributed by atoms with van der Waals surface area (Å²) in [5.41, 5.74) is 6.70. The number of aliphatic hydroxyl groups excluding tert-OH is 3. The van der Waals surface area contributed by atoms with Crippen molar-refractivity contribution in [1.29, 1.82) is 0 Å². The van der Waals surface area contributed by atoms with Crippen LogP contribution in [0.4, 0.5) is 0 Å². The summed E-state index contributed by atoms with van der Waals surface area (Å²) in [6.45, 7) is 3.94. The molecule has 2 aromatic carbocycles. The van der Waals surface area contributed by atoms with Crippen molar-refractivity contribution in [2.75, 3.05) is 13.2 Å².